The topological polar surface area (TPSA) is 121 Å². The largest absolute Gasteiger partial charge is 0.352 e. The maximum atomic E-state index is 13.1. The lowest BCUT2D eigenvalue weighted by atomic mass is 10.2. The number of nitro benzene ring substituents is 1. The Morgan fingerprint density at radius 2 is 2.26 bits per heavy atom. The predicted octanol–water partition coefficient (Wildman–Crippen LogP) is 2.16. The van der Waals surface area contributed by atoms with Gasteiger partial charge in [-0.2, -0.15) is 0 Å². The van der Waals surface area contributed by atoms with Gasteiger partial charge in [0, 0.05) is 29.6 Å². The summed E-state index contributed by atoms with van der Waals surface area (Å²) in [5, 5.41) is 16.2. The van der Waals surface area contributed by atoms with Crippen LogP contribution in [0.1, 0.15) is 16.8 Å². The minimum Gasteiger partial charge on any atom is -0.352 e. The molecule has 0 saturated heterocycles. The second-order valence-electron chi connectivity index (χ2n) is 3.52. The Hall–Kier alpha value is -2.67. The molecule has 0 fully saturated rings. The molecule has 1 N–H and O–H groups in total. The smallest absolute Gasteiger partial charge is 0.273 e. The first kappa shape index (κ1) is 14.4. The van der Waals surface area contributed by atoms with Gasteiger partial charge in [-0.3, -0.25) is 14.9 Å². The van der Waals surface area contributed by atoms with Gasteiger partial charge >= 0.3 is 0 Å². The fraction of sp³-hybridized carbons (Fsp3) is 0.300. The molecule has 8 nitrogen and oxygen atoms in total. The highest BCUT2D eigenvalue weighted by atomic mass is 19.1. The molecule has 0 spiro atoms. The molecule has 0 atom stereocenters. The lowest BCUT2D eigenvalue weighted by Crippen LogP contribution is -2.25. The molecule has 0 unspecified atom stereocenters. The Morgan fingerprint density at radius 3 is 2.89 bits per heavy atom. The van der Waals surface area contributed by atoms with E-state index in [2.05, 4.69) is 15.3 Å². The molecule has 0 bridgehead atoms. The number of azide groups is 1. The molecular formula is C10H10FN5O3. The van der Waals surface area contributed by atoms with Gasteiger partial charge < -0.3 is 5.32 Å². The molecule has 1 rings (SSSR count). The molecule has 0 heterocycles. The number of halogens is 1. The van der Waals surface area contributed by atoms with Crippen LogP contribution in [-0.2, 0) is 0 Å². The molecule has 9 heteroatoms. The van der Waals surface area contributed by atoms with Crippen molar-refractivity contribution in [3.05, 3.63) is 50.1 Å². The molecule has 19 heavy (non-hydrogen) atoms. The first-order valence-electron chi connectivity index (χ1n) is 5.28. The Balaban J connectivity index is 2.66. The van der Waals surface area contributed by atoms with Crippen LogP contribution in [0.4, 0.5) is 10.1 Å². The van der Waals surface area contributed by atoms with Crippen LogP contribution in [-0.4, -0.2) is 23.9 Å². The van der Waals surface area contributed by atoms with Crippen molar-refractivity contribution in [1.82, 2.24) is 5.32 Å². The summed E-state index contributed by atoms with van der Waals surface area (Å²) in [5.41, 5.74) is 7.42. The second kappa shape index (κ2) is 6.92. The summed E-state index contributed by atoms with van der Waals surface area (Å²) in [6, 6.07) is 2.64. The normalized spacial score (nSPS) is 9.53. The van der Waals surface area contributed by atoms with Crippen LogP contribution in [0.25, 0.3) is 10.4 Å². The van der Waals surface area contributed by atoms with Gasteiger partial charge in [0.1, 0.15) is 5.82 Å². The van der Waals surface area contributed by atoms with Gasteiger partial charge in [-0.05, 0) is 18.0 Å². The van der Waals surface area contributed by atoms with Crippen molar-refractivity contribution in [1.29, 1.82) is 0 Å². The Labute approximate surface area is 107 Å². The van der Waals surface area contributed by atoms with Crippen LogP contribution in [0.3, 0.4) is 0 Å². The van der Waals surface area contributed by atoms with Gasteiger partial charge in [-0.25, -0.2) is 4.39 Å². The fourth-order valence-electron chi connectivity index (χ4n) is 1.31. The van der Waals surface area contributed by atoms with E-state index < -0.39 is 22.3 Å². The van der Waals surface area contributed by atoms with Crippen molar-refractivity contribution in [3.8, 4) is 0 Å². The summed E-state index contributed by atoms with van der Waals surface area (Å²) in [4.78, 5) is 23.9. The van der Waals surface area contributed by atoms with Crippen molar-refractivity contribution < 1.29 is 14.1 Å². The zero-order valence-electron chi connectivity index (χ0n) is 9.74. The summed E-state index contributed by atoms with van der Waals surface area (Å²) in [6.45, 7) is 0.447. The highest BCUT2D eigenvalue weighted by molar-refractivity contribution is 5.94. The van der Waals surface area contributed by atoms with Crippen LogP contribution in [0.5, 0.6) is 0 Å². The molecule has 100 valence electrons. The van der Waals surface area contributed by atoms with Crippen LogP contribution < -0.4 is 5.32 Å². The molecule has 0 aromatic heterocycles. The highest BCUT2D eigenvalue weighted by Crippen LogP contribution is 2.16. The van der Waals surface area contributed by atoms with Crippen LogP contribution in [0.15, 0.2) is 23.3 Å². The number of non-ortho nitro benzene ring substituents is 1. The SMILES string of the molecule is [N-]=[N+]=NCCCNC(=O)c1cc(F)cc([N+](=O)[O-])c1. The summed E-state index contributed by atoms with van der Waals surface area (Å²) in [5.74, 6) is -1.48. The minimum absolute atomic E-state index is 0.129. The van der Waals surface area contributed by atoms with Gasteiger partial charge in [-0.15, -0.1) is 0 Å². The molecule has 0 aliphatic rings. The molecular weight excluding hydrogens is 257 g/mol. The summed E-state index contributed by atoms with van der Waals surface area (Å²) in [7, 11) is 0. The van der Waals surface area contributed by atoms with Crippen molar-refractivity contribution >= 4 is 11.6 Å². The average Bonchev–Trinajstić information content (AvgIpc) is 2.37. The van der Waals surface area contributed by atoms with E-state index in [-0.39, 0.29) is 18.7 Å². The standard InChI is InChI=1S/C10H10FN5O3/c11-8-4-7(5-9(6-8)16(18)19)10(17)13-2-1-3-14-15-12/h4-6H,1-3H2,(H,13,17). The van der Waals surface area contributed by atoms with E-state index in [1.165, 1.54) is 0 Å². The number of carbonyl (C=O) groups is 1. The number of hydrogen-bond donors (Lipinski definition) is 1. The maximum Gasteiger partial charge on any atom is 0.273 e. The van der Waals surface area contributed by atoms with Crippen molar-refractivity contribution in [2.45, 2.75) is 6.42 Å². The number of nitro groups is 1. The summed E-state index contributed by atoms with van der Waals surface area (Å²) in [6.07, 6.45) is 0.424. The summed E-state index contributed by atoms with van der Waals surface area (Å²) < 4.78 is 13.1. The molecule has 0 saturated carbocycles. The number of rotatable bonds is 6. The van der Waals surface area contributed by atoms with E-state index in [9.17, 15) is 19.3 Å². The number of carbonyl (C=O) groups excluding carboxylic acids is 1. The third-order valence-corrected chi connectivity index (χ3v) is 2.14. The third kappa shape index (κ3) is 4.60. The highest BCUT2D eigenvalue weighted by Gasteiger charge is 2.14. The van der Waals surface area contributed by atoms with Gasteiger partial charge in [0.05, 0.1) is 11.0 Å². The number of amides is 1. The Morgan fingerprint density at radius 1 is 1.53 bits per heavy atom. The lowest BCUT2D eigenvalue weighted by Gasteiger charge is -2.04. The maximum absolute atomic E-state index is 13.1. The molecule has 1 aromatic carbocycles. The zero-order chi connectivity index (χ0) is 14.3. The monoisotopic (exact) mass is 267 g/mol. The molecule has 0 radical (unpaired) electrons. The Bertz CT molecular complexity index is 542. The van der Waals surface area contributed by atoms with Gasteiger partial charge in [0.15, 0.2) is 0 Å². The molecule has 0 aliphatic heterocycles. The molecule has 0 aliphatic carbocycles. The summed E-state index contributed by atoms with van der Waals surface area (Å²) >= 11 is 0. The zero-order valence-corrected chi connectivity index (χ0v) is 9.74. The first-order valence-corrected chi connectivity index (χ1v) is 5.28. The molecule has 1 amide bonds. The van der Waals surface area contributed by atoms with E-state index >= 15 is 0 Å². The van der Waals surface area contributed by atoms with E-state index in [4.69, 9.17) is 5.53 Å². The molecule has 1 aromatic rings. The van der Waals surface area contributed by atoms with Crippen LogP contribution in [0.2, 0.25) is 0 Å². The van der Waals surface area contributed by atoms with Crippen molar-refractivity contribution in [2.24, 2.45) is 5.11 Å². The Kier molecular flexibility index (Phi) is 5.24. The lowest BCUT2D eigenvalue weighted by molar-refractivity contribution is -0.385. The van der Waals surface area contributed by atoms with Gasteiger partial charge in [-0.1, -0.05) is 5.11 Å². The second-order valence-corrected chi connectivity index (χ2v) is 3.52. The average molecular weight is 267 g/mol. The fourth-order valence-corrected chi connectivity index (χ4v) is 1.31. The number of benzene rings is 1. The van der Waals surface area contributed by atoms with E-state index in [1.54, 1.807) is 0 Å². The van der Waals surface area contributed by atoms with Crippen LogP contribution in [0, 0.1) is 15.9 Å². The van der Waals surface area contributed by atoms with Gasteiger partial charge in [0.25, 0.3) is 11.6 Å². The van der Waals surface area contributed by atoms with E-state index in [1.807, 2.05) is 0 Å². The number of hydrogen-bond acceptors (Lipinski definition) is 4. The predicted molar refractivity (Wildman–Crippen MR) is 64.0 cm³/mol. The van der Waals surface area contributed by atoms with Crippen LogP contribution >= 0.6 is 0 Å². The quantitative estimate of drug-likeness (QED) is 0.212. The van der Waals surface area contributed by atoms with E-state index in [0.717, 1.165) is 18.2 Å². The van der Waals surface area contributed by atoms with E-state index in [0.29, 0.717) is 6.42 Å². The minimum atomic E-state index is -0.853. The van der Waals surface area contributed by atoms with Crippen molar-refractivity contribution in [3.63, 3.8) is 0 Å². The number of nitrogens with zero attached hydrogens (tertiary/aromatic N) is 4. The number of nitrogens with one attached hydrogen (secondary N) is 1. The third-order valence-electron chi connectivity index (χ3n) is 2.14. The van der Waals surface area contributed by atoms with Crippen molar-refractivity contribution in [2.75, 3.05) is 13.1 Å². The van der Waals surface area contributed by atoms with Gasteiger partial charge in [0.2, 0.25) is 0 Å². The first-order chi connectivity index (χ1) is 9.04.